The fraction of sp³-hybridized carbons (Fsp3) is 0.200. The number of hydrogen-bond acceptors (Lipinski definition) is 2. The average molecular weight is 283 g/mol. The Morgan fingerprint density at radius 2 is 2.27 bits per heavy atom. The molecule has 15 heavy (non-hydrogen) atoms. The van der Waals surface area contributed by atoms with E-state index in [1.54, 1.807) is 10.6 Å². The summed E-state index contributed by atoms with van der Waals surface area (Å²) in [6, 6.07) is 2.06. The number of ketones is 1. The first kappa shape index (κ1) is 9.49. The van der Waals surface area contributed by atoms with E-state index in [0.29, 0.717) is 6.42 Å². The van der Waals surface area contributed by atoms with Crippen molar-refractivity contribution in [3.63, 3.8) is 0 Å². The molecule has 0 fully saturated rings. The largest absolute Gasteiger partial charge is 0.294 e. The third-order valence-electron chi connectivity index (χ3n) is 2.82. The molecule has 3 nitrogen and oxygen atoms in total. The van der Waals surface area contributed by atoms with Gasteiger partial charge in [0.2, 0.25) is 0 Å². The van der Waals surface area contributed by atoms with Crippen molar-refractivity contribution in [2.45, 2.75) is 12.8 Å². The van der Waals surface area contributed by atoms with E-state index in [2.05, 4.69) is 36.5 Å². The standard InChI is InChI=1S/C10H8BrN2OP/c11-10-6-4-12-13(15)7(6)3-5-1-2-8(14)9(5)10/h3-4H,1-2,15H2. The minimum absolute atomic E-state index is 0.232. The molecule has 5 heteroatoms. The smallest absolute Gasteiger partial charge is 0.164 e. The Bertz CT molecular complexity index is 591. The van der Waals surface area contributed by atoms with E-state index in [1.807, 2.05) is 0 Å². The van der Waals surface area contributed by atoms with Crippen LogP contribution < -0.4 is 0 Å². The van der Waals surface area contributed by atoms with Crippen molar-refractivity contribution in [2.75, 3.05) is 0 Å². The second-order valence-electron chi connectivity index (χ2n) is 3.67. The predicted octanol–water partition coefficient (Wildman–Crippen LogP) is 2.57. The summed E-state index contributed by atoms with van der Waals surface area (Å²) in [5.41, 5.74) is 3.02. The van der Waals surface area contributed by atoms with Crippen LogP contribution in [0.2, 0.25) is 0 Å². The average Bonchev–Trinajstić information content (AvgIpc) is 2.74. The molecule has 0 aliphatic heterocycles. The second kappa shape index (κ2) is 3.13. The van der Waals surface area contributed by atoms with Gasteiger partial charge in [-0.3, -0.25) is 9.25 Å². The van der Waals surface area contributed by atoms with Gasteiger partial charge in [-0.1, -0.05) is 0 Å². The molecule has 1 atom stereocenters. The molecule has 1 aromatic carbocycles. The number of hydrogen-bond donors (Lipinski definition) is 0. The second-order valence-corrected chi connectivity index (χ2v) is 4.95. The van der Waals surface area contributed by atoms with Gasteiger partial charge in [-0.2, -0.15) is 5.10 Å². The highest BCUT2D eigenvalue weighted by molar-refractivity contribution is 9.10. The van der Waals surface area contributed by atoms with Crippen LogP contribution in [0, 0.1) is 0 Å². The Labute approximate surface area is 97.2 Å². The third-order valence-corrected chi connectivity index (χ3v) is 4.06. The molecule has 0 saturated carbocycles. The van der Waals surface area contributed by atoms with E-state index >= 15 is 0 Å². The van der Waals surface area contributed by atoms with Gasteiger partial charge in [0.05, 0.1) is 11.7 Å². The number of rotatable bonds is 0. The van der Waals surface area contributed by atoms with Crippen LogP contribution in [0.5, 0.6) is 0 Å². The molecule has 1 aromatic heterocycles. The van der Waals surface area contributed by atoms with Gasteiger partial charge in [0.1, 0.15) is 0 Å². The van der Waals surface area contributed by atoms with Crippen molar-refractivity contribution in [3.05, 3.63) is 27.9 Å². The number of benzene rings is 1. The van der Waals surface area contributed by atoms with Crippen LogP contribution in [-0.2, 0) is 6.42 Å². The van der Waals surface area contributed by atoms with E-state index in [0.717, 1.165) is 32.9 Å². The van der Waals surface area contributed by atoms with Crippen molar-refractivity contribution in [2.24, 2.45) is 0 Å². The van der Waals surface area contributed by atoms with E-state index in [9.17, 15) is 4.79 Å². The van der Waals surface area contributed by atoms with Crippen LogP contribution in [0.3, 0.4) is 0 Å². The number of Topliss-reactive ketones (excluding diaryl/α,β-unsaturated/α-hetero) is 1. The van der Waals surface area contributed by atoms with E-state index in [4.69, 9.17) is 0 Å². The van der Waals surface area contributed by atoms with E-state index in [-0.39, 0.29) is 5.78 Å². The van der Waals surface area contributed by atoms with Crippen molar-refractivity contribution in [1.29, 1.82) is 0 Å². The molecule has 0 saturated heterocycles. The minimum Gasteiger partial charge on any atom is -0.294 e. The Hall–Kier alpha value is -0.730. The van der Waals surface area contributed by atoms with Crippen LogP contribution in [0.15, 0.2) is 16.7 Å². The Morgan fingerprint density at radius 1 is 1.47 bits per heavy atom. The fourth-order valence-electron chi connectivity index (χ4n) is 2.07. The number of carbonyl (C=O) groups is 1. The number of carbonyl (C=O) groups excluding carboxylic acids is 1. The van der Waals surface area contributed by atoms with Crippen molar-refractivity contribution in [3.8, 4) is 0 Å². The van der Waals surface area contributed by atoms with Crippen LogP contribution in [-0.4, -0.2) is 15.3 Å². The zero-order chi connectivity index (χ0) is 10.6. The van der Waals surface area contributed by atoms with E-state index < -0.39 is 0 Å². The number of aromatic nitrogens is 2. The third kappa shape index (κ3) is 1.21. The van der Waals surface area contributed by atoms with Crippen molar-refractivity contribution in [1.82, 2.24) is 9.55 Å². The summed E-state index contributed by atoms with van der Waals surface area (Å²) in [6.45, 7) is 0. The maximum atomic E-state index is 11.7. The molecule has 1 aliphatic carbocycles. The quantitative estimate of drug-likeness (QED) is 0.696. The maximum Gasteiger partial charge on any atom is 0.164 e. The molecule has 0 radical (unpaired) electrons. The first-order chi connectivity index (χ1) is 7.18. The number of nitrogens with zero attached hydrogens (tertiary/aromatic N) is 2. The molecule has 76 valence electrons. The molecule has 0 amide bonds. The first-order valence-electron chi connectivity index (χ1n) is 4.66. The highest BCUT2D eigenvalue weighted by atomic mass is 79.9. The molecule has 0 bridgehead atoms. The molecule has 1 heterocycles. The Morgan fingerprint density at radius 3 is 3.07 bits per heavy atom. The van der Waals surface area contributed by atoms with Crippen LogP contribution in [0.1, 0.15) is 22.3 Å². The molecule has 0 spiro atoms. The lowest BCUT2D eigenvalue weighted by atomic mass is 10.1. The van der Waals surface area contributed by atoms with Gasteiger partial charge in [-0.25, -0.2) is 0 Å². The summed E-state index contributed by atoms with van der Waals surface area (Å²) in [7, 11) is 2.54. The van der Waals surface area contributed by atoms with Gasteiger partial charge in [0, 0.05) is 21.8 Å². The van der Waals surface area contributed by atoms with Gasteiger partial charge >= 0.3 is 0 Å². The summed E-state index contributed by atoms with van der Waals surface area (Å²) in [5, 5.41) is 5.16. The summed E-state index contributed by atoms with van der Waals surface area (Å²) in [4.78, 5) is 11.7. The van der Waals surface area contributed by atoms with Crippen LogP contribution in [0.4, 0.5) is 0 Å². The lowest BCUT2D eigenvalue weighted by Gasteiger charge is -2.03. The predicted molar refractivity (Wildman–Crippen MR) is 65.2 cm³/mol. The highest BCUT2D eigenvalue weighted by Gasteiger charge is 2.24. The summed E-state index contributed by atoms with van der Waals surface area (Å²) < 4.78 is 2.65. The van der Waals surface area contributed by atoms with Gasteiger partial charge < -0.3 is 0 Å². The zero-order valence-electron chi connectivity index (χ0n) is 7.83. The first-order valence-corrected chi connectivity index (χ1v) is 5.97. The molecule has 1 unspecified atom stereocenters. The summed E-state index contributed by atoms with van der Waals surface area (Å²) in [6.07, 6.45) is 3.25. The number of aryl methyl sites for hydroxylation is 1. The van der Waals surface area contributed by atoms with Crippen molar-refractivity contribution < 1.29 is 4.79 Å². The van der Waals surface area contributed by atoms with Gasteiger partial charge in [0.15, 0.2) is 5.78 Å². The van der Waals surface area contributed by atoms with Crippen LogP contribution in [0.25, 0.3) is 10.9 Å². The maximum absolute atomic E-state index is 11.7. The summed E-state index contributed by atoms with van der Waals surface area (Å²) in [5.74, 6) is 0.232. The number of fused-ring (bicyclic) bond motifs is 2. The van der Waals surface area contributed by atoms with Gasteiger partial charge in [0.25, 0.3) is 0 Å². The number of halogens is 1. The Kier molecular flexibility index (Phi) is 1.98. The van der Waals surface area contributed by atoms with Gasteiger partial charge in [-0.15, -0.1) is 0 Å². The highest BCUT2D eigenvalue weighted by Crippen LogP contribution is 2.35. The van der Waals surface area contributed by atoms with Gasteiger partial charge in [-0.05, 0) is 43.4 Å². The minimum atomic E-state index is 0.232. The summed E-state index contributed by atoms with van der Waals surface area (Å²) >= 11 is 3.50. The van der Waals surface area contributed by atoms with Crippen LogP contribution >= 0.6 is 25.3 Å². The topological polar surface area (TPSA) is 34.9 Å². The molecule has 0 N–H and O–H groups in total. The lowest BCUT2D eigenvalue weighted by molar-refractivity contribution is 0.0994. The Balaban J connectivity index is 2.47. The monoisotopic (exact) mass is 282 g/mol. The van der Waals surface area contributed by atoms with E-state index in [1.165, 1.54) is 0 Å². The lowest BCUT2D eigenvalue weighted by Crippen LogP contribution is -1.93. The fourth-order valence-corrected chi connectivity index (χ4v) is 3.13. The SMILES string of the molecule is O=C1CCc2cc3c(cnn3P)c(Br)c21. The molecule has 2 aromatic rings. The molecule has 1 aliphatic rings. The zero-order valence-corrected chi connectivity index (χ0v) is 10.6. The molecular weight excluding hydrogens is 275 g/mol. The normalized spacial score (nSPS) is 14.9. The van der Waals surface area contributed by atoms with Crippen molar-refractivity contribution >= 4 is 42.0 Å². The molecule has 3 rings (SSSR count). The molecular formula is C10H8BrN2OP.